The molecule has 0 heterocycles. The SMILES string of the molecule is N.N.O=C(O)C(=O)O.[Pt]. The standard InChI is InChI=1S/C2H2O4.2H3N.Pt/c3-1(4)2(5)6;;;/h(H,3,4)(H,5,6);2*1H3;. The van der Waals surface area contributed by atoms with E-state index < -0.39 is 11.9 Å². The van der Waals surface area contributed by atoms with Crippen LogP contribution >= 0.6 is 0 Å². The molecule has 0 aromatic carbocycles. The fraction of sp³-hybridized carbons (Fsp3) is 0. The maximum Gasteiger partial charge on any atom is 0.414 e. The van der Waals surface area contributed by atoms with Crippen molar-refractivity contribution in [1.29, 1.82) is 0 Å². The topological polar surface area (TPSA) is 145 Å². The fourth-order valence-corrected chi connectivity index (χ4v) is 0. The predicted molar refractivity (Wildman–Crippen MR) is 25.3 cm³/mol. The van der Waals surface area contributed by atoms with Crippen molar-refractivity contribution in [3.05, 3.63) is 0 Å². The van der Waals surface area contributed by atoms with Gasteiger partial charge in [-0.15, -0.1) is 0 Å². The summed E-state index contributed by atoms with van der Waals surface area (Å²) in [5, 5.41) is 14.8. The number of rotatable bonds is 0. The number of hydrogen-bond acceptors (Lipinski definition) is 4. The van der Waals surface area contributed by atoms with Gasteiger partial charge < -0.3 is 22.5 Å². The van der Waals surface area contributed by atoms with Gasteiger partial charge >= 0.3 is 11.9 Å². The van der Waals surface area contributed by atoms with Crippen molar-refractivity contribution in [3.63, 3.8) is 0 Å². The van der Waals surface area contributed by atoms with Crippen molar-refractivity contribution in [2.24, 2.45) is 0 Å². The van der Waals surface area contributed by atoms with Gasteiger partial charge in [-0.2, -0.15) is 0 Å². The van der Waals surface area contributed by atoms with Gasteiger partial charge in [0.1, 0.15) is 0 Å². The van der Waals surface area contributed by atoms with Crippen molar-refractivity contribution in [2.75, 3.05) is 0 Å². The Morgan fingerprint density at radius 3 is 1.00 bits per heavy atom. The first kappa shape index (κ1) is 23.5. The Balaban J connectivity index is -0.0000000417. The molecule has 0 atom stereocenters. The normalized spacial score (nSPS) is 4.89. The maximum atomic E-state index is 9.10. The van der Waals surface area contributed by atoms with Crippen molar-refractivity contribution < 1.29 is 40.9 Å². The summed E-state index contributed by atoms with van der Waals surface area (Å²) in [6.45, 7) is 0. The average Bonchev–Trinajstić information content (AvgIpc) is 1.36. The Kier molecular flexibility index (Phi) is 27.5. The molecule has 0 saturated carbocycles. The minimum atomic E-state index is -1.82. The molecule has 0 aliphatic carbocycles. The number of carboxylic acids is 2. The van der Waals surface area contributed by atoms with E-state index >= 15 is 0 Å². The molecule has 0 unspecified atom stereocenters. The zero-order valence-corrected chi connectivity index (χ0v) is 6.71. The summed E-state index contributed by atoms with van der Waals surface area (Å²) in [7, 11) is 0. The van der Waals surface area contributed by atoms with E-state index in [1.165, 1.54) is 0 Å². The predicted octanol–water partition coefficient (Wildman–Crippen LogP) is -0.523. The van der Waals surface area contributed by atoms with Gasteiger partial charge in [0.25, 0.3) is 0 Å². The molecule has 0 aromatic heterocycles. The zero-order chi connectivity index (χ0) is 5.15. The quantitative estimate of drug-likeness (QED) is 0.442. The Labute approximate surface area is 65.7 Å². The van der Waals surface area contributed by atoms with E-state index in [4.69, 9.17) is 19.8 Å². The summed E-state index contributed by atoms with van der Waals surface area (Å²) in [6, 6.07) is 0. The summed E-state index contributed by atoms with van der Waals surface area (Å²) < 4.78 is 0. The molecule has 0 spiro atoms. The van der Waals surface area contributed by atoms with Crippen LogP contribution in [0.3, 0.4) is 0 Å². The second-order valence-corrected chi connectivity index (χ2v) is 0.610. The number of carboxylic acid groups (broad SMARTS) is 2. The van der Waals surface area contributed by atoms with E-state index in [9.17, 15) is 0 Å². The van der Waals surface area contributed by atoms with Crippen LogP contribution < -0.4 is 12.3 Å². The van der Waals surface area contributed by atoms with E-state index in [1.807, 2.05) is 0 Å². The van der Waals surface area contributed by atoms with Crippen LogP contribution in [0.15, 0.2) is 0 Å². The van der Waals surface area contributed by atoms with Crippen molar-refractivity contribution in [1.82, 2.24) is 12.3 Å². The smallest absolute Gasteiger partial charge is 0.414 e. The zero-order valence-electron chi connectivity index (χ0n) is 4.44. The summed E-state index contributed by atoms with van der Waals surface area (Å²) in [5.74, 6) is -3.65. The second kappa shape index (κ2) is 10.5. The van der Waals surface area contributed by atoms with Crippen LogP contribution in [0.25, 0.3) is 0 Å². The molecular weight excluding hydrogens is 311 g/mol. The van der Waals surface area contributed by atoms with E-state index in [2.05, 4.69) is 0 Å². The van der Waals surface area contributed by atoms with Gasteiger partial charge in [0.15, 0.2) is 0 Å². The molecule has 0 radical (unpaired) electrons. The molecule has 9 heavy (non-hydrogen) atoms. The molecule has 60 valence electrons. The van der Waals surface area contributed by atoms with Crippen molar-refractivity contribution in [3.8, 4) is 0 Å². The molecule has 0 aromatic rings. The third kappa shape index (κ3) is 18.5. The van der Waals surface area contributed by atoms with Crippen LogP contribution in [-0.2, 0) is 30.7 Å². The molecule has 0 aliphatic heterocycles. The first-order chi connectivity index (χ1) is 2.64. The molecule has 0 saturated heterocycles. The monoisotopic (exact) mass is 319 g/mol. The van der Waals surface area contributed by atoms with E-state index in [0.29, 0.717) is 0 Å². The Hall–Kier alpha value is -0.452. The molecule has 0 amide bonds. The fourth-order valence-electron chi connectivity index (χ4n) is 0. The first-order valence-corrected chi connectivity index (χ1v) is 1.11. The van der Waals surface area contributed by atoms with Gasteiger partial charge in [0.2, 0.25) is 0 Å². The minimum Gasteiger partial charge on any atom is -0.473 e. The van der Waals surface area contributed by atoms with Crippen LogP contribution in [0.4, 0.5) is 0 Å². The number of hydrogen-bond donors (Lipinski definition) is 4. The van der Waals surface area contributed by atoms with Gasteiger partial charge in [-0.25, -0.2) is 9.59 Å². The summed E-state index contributed by atoms with van der Waals surface area (Å²) in [5.41, 5.74) is 0. The van der Waals surface area contributed by atoms with E-state index in [0.717, 1.165) is 0 Å². The van der Waals surface area contributed by atoms with Gasteiger partial charge in [0, 0.05) is 21.1 Å². The molecule has 0 rings (SSSR count). The summed E-state index contributed by atoms with van der Waals surface area (Å²) in [4.78, 5) is 18.2. The van der Waals surface area contributed by atoms with Gasteiger partial charge in [0.05, 0.1) is 0 Å². The van der Waals surface area contributed by atoms with E-state index in [-0.39, 0.29) is 33.4 Å². The average molecular weight is 319 g/mol. The van der Waals surface area contributed by atoms with Crippen molar-refractivity contribution >= 4 is 11.9 Å². The molecule has 7 heteroatoms. The molecule has 0 fully saturated rings. The second-order valence-electron chi connectivity index (χ2n) is 0.610. The van der Waals surface area contributed by atoms with Crippen LogP contribution in [0.2, 0.25) is 0 Å². The van der Waals surface area contributed by atoms with Gasteiger partial charge in [-0.05, 0) is 0 Å². The third-order valence-electron chi connectivity index (χ3n) is 0.183. The van der Waals surface area contributed by atoms with Crippen LogP contribution in [0, 0.1) is 0 Å². The van der Waals surface area contributed by atoms with Crippen molar-refractivity contribution in [2.45, 2.75) is 0 Å². The van der Waals surface area contributed by atoms with Gasteiger partial charge in [-0.3, -0.25) is 0 Å². The summed E-state index contributed by atoms with van der Waals surface area (Å²) in [6.07, 6.45) is 0. The van der Waals surface area contributed by atoms with Crippen LogP contribution in [0.1, 0.15) is 0 Å². The molecular formula is C2H8N2O4Pt. The number of aliphatic carboxylic acids is 2. The minimum absolute atomic E-state index is 0. The molecule has 0 aliphatic rings. The Morgan fingerprint density at radius 2 is 1.00 bits per heavy atom. The third-order valence-corrected chi connectivity index (χ3v) is 0.183. The first-order valence-electron chi connectivity index (χ1n) is 1.11. The Morgan fingerprint density at radius 1 is 0.889 bits per heavy atom. The summed E-state index contributed by atoms with van der Waals surface area (Å²) >= 11 is 0. The van der Waals surface area contributed by atoms with Gasteiger partial charge in [-0.1, -0.05) is 0 Å². The molecule has 0 bridgehead atoms. The Bertz CT molecular complexity index is 82.6. The largest absolute Gasteiger partial charge is 0.473 e. The van der Waals surface area contributed by atoms with Crippen LogP contribution in [-0.4, -0.2) is 22.2 Å². The molecule has 6 nitrogen and oxygen atoms in total. The molecule has 8 N–H and O–H groups in total. The van der Waals surface area contributed by atoms with Crippen LogP contribution in [0.5, 0.6) is 0 Å². The van der Waals surface area contributed by atoms with E-state index in [1.54, 1.807) is 0 Å². The number of carbonyl (C=O) groups is 2. The maximum absolute atomic E-state index is 9.10.